The van der Waals surface area contributed by atoms with Gasteiger partial charge in [-0.1, -0.05) is 43.7 Å². The van der Waals surface area contributed by atoms with Crippen LogP contribution in [-0.2, 0) is 14.8 Å². The molecule has 1 fully saturated rings. The number of piperidine rings is 1. The van der Waals surface area contributed by atoms with Crippen molar-refractivity contribution in [3.63, 3.8) is 0 Å². The Morgan fingerprint density at radius 3 is 2.48 bits per heavy atom. The molecule has 27 heavy (non-hydrogen) atoms. The lowest BCUT2D eigenvalue weighted by atomic mass is 9.96. The number of rotatable bonds is 6. The molecule has 1 aliphatic heterocycles. The molecule has 2 aromatic rings. The first-order chi connectivity index (χ1) is 12.9. The molecule has 0 aliphatic carbocycles. The molecule has 0 aromatic heterocycles. The van der Waals surface area contributed by atoms with E-state index in [1.165, 1.54) is 4.31 Å². The van der Waals surface area contributed by atoms with Crippen molar-refractivity contribution in [2.75, 3.05) is 13.1 Å². The van der Waals surface area contributed by atoms with Crippen LogP contribution in [0.15, 0.2) is 47.4 Å². The fourth-order valence-electron chi connectivity index (χ4n) is 3.70. The summed E-state index contributed by atoms with van der Waals surface area (Å²) in [6.07, 6.45) is 3.12. The van der Waals surface area contributed by atoms with E-state index in [4.69, 9.17) is 0 Å². The maximum absolute atomic E-state index is 13.0. The summed E-state index contributed by atoms with van der Waals surface area (Å²) in [6, 6.07) is 13.1. The number of sulfonamides is 1. The Balaban J connectivity index is 1.66. The first kappa shape index (κ1) is 19.8. The average molecular weight is 389 g/mol. The summed E-state index contributed by atoms with van der Waals surface area (Å²) in [7, 11) is -3.53. The van der Waals surface area contributed by atoms with Gasteiger partial charge >= 0.3 is 0 Å². The lowest BCUT2D eigenvalue weighted by Crippen LogP contribution is -2.44. The van der Waals surface area contributed by atoms with Crippen LogP contribution in [0.1, 0.15) is 39.5 Å². The number of hydrogen-bond acceptors (Lipinski definition) is 3. The molecule has 1 N–H and O–H groups in total. The van der Waals surface area contributed by atoms with E-state index in [1.54, 1.807) is 12.1 Å². The predicted molar refractivity (Wildman–Crippen MR) is 108 cm³/mol. The summed E-state index contributed by atoms with van der Waals surface area (Å²) < 4.78 is 27.5. The van der Waals surface area contributed by atoms with Crippen molar-refractivity contribution in [2.45, 2.75) is 50.5 Å². The number of hydrogen-bond donors (Lipinski definition) is 1. The molecule has 3 rings (SSSR count). The summed E-state index contributed by atoms with van der Waals surface area (Å²) in [5.41, 5.74) is 0. The molecule has 1 aliphatic rings. The van der Waals surface area contributed by atoms with Crippen LogP contribution in [0.5, 0.6) is 0 Å². The molecule has 146 valence electrons. The molecule has 1 amide bonds. The topological polar surface area (TPSA) is 66.5 Å². The highest BCUT2D eigenvalue weighted by molar-refractivity contribution is 7.89. The number of carbonyl (C=O) groups excluding carboxylic acids is 1. The average Bonchev–Trinajstić information content (AvgIpc) is 2.67. The van der Waals surface area contributed by atoms with Gasteiger partial charge < -0.3 is 5.32 Å². The van der Waals surface area contributed by atoms with Gasteiger partial charge in [-0.15, -0.1) is 0 Å². The van der Waals surface area contributed by atoms with E-state index in [0.29, 0.717) is 30.8 Å². The van der Waals surface area contributed by atoms with Crippen LogP contribution < -0.4 is 5.32 Å². The molecular formula is C21H28N2O3S. The van der Waals surface area contributed by atoms with Crippen molar-refractivity contribution in [3.8, 4) is 0 Å². The third-order valence-corrected chi connectivity index (χ3v) is 7.19. The second-order valence-electron chi connectivity index (χ2n) is 7.39. The van der Waals surface area contributed by atoms with E-state index in [2.05, 4.69) is 12.2 Å². The number of fused-ring (bicyclic) bond motifs is 1. The lowest BCUT2D eigenvalue weighted by Gasteiger charge is -2.31. The molecular weight excluding hydrogens is 360 g/mol. The Morgan fingerprint density at radius 2 is 1.81 bits per heavy atom. The van der Waals surface area contributed by atoms with Crippen molar-refractivity contribution in [3.05, 3.63) is 42.5 Å². The Morgan fingerprint density at radius 1 is 1.15 bits per heavy atom. The van der Waals surface area contributed by atoms with E-state index >= 15 is 0 Å². The molecule has 0 radical (unpaired) electrons. The van der Waals surface area contributed by atoms with Crippen molar-refractivity contribution >= 4 is 26.7 Å². The summed E-state index contributed by atoms with van der Waals surface area (Å²) in [6.45, 7) is 4.88. The Hall–Kier alpha value is -1.92. The van der Waals surface area contributed by atoms with Crippen molar-refractivity contribution < 1.29 is 13.2 Å². The molecule has 1 saturated heterocycles. The third kappa shape index (κ3) is 4.50. The quantitative estimate of drug-likeness (QED) is 0.823. The van der Waals surface area contributed by atoms with Gasteiger partial charge in [-0.05, 0) is 49.1 Å². The third-order valence-electron chi connectivity index (χ3n) is 5.29. The van der Waals surface area contributed by atoms with Crippen LogP contribution >= 0.6 is 0 Å². The predicted octanol–water partition coefficient (Wildman–Crippen LogP) is 3.55. The van der Waals surface area contributed by atoms with E-state index in [1.807, 2.05) is 37.3 Å². The number of amides is 1. The van der Waals surface area contributed by atoms with E-state index < -0.39 is 10.0 Å². The summed E-state index contributed by atoms with van der Waals surface area (Å²) >= 11 is 0. The van der Waals surface area contributed by atoms with Gasteiger partial charge in [-0.25, -0.2) is 8.42 Å². The summed E-state index contributed by atoms with van der Waals surface area (Å²) in [5.74, 6) is -0.0499. The minimum absolute atomic E-state index is 0.0544. The molecule has 0 spiro atoms. The van der Waals surface area contributed by atoms with Crippen LogP contribution in [0.4, 0.5) is 0 Å². The second-order valence-corrected chi connectivity index (χ2v) is 9.32. The van der Waals surface area contributed by atoms with Gasteiger partial charge in [0.1, 0.15) is 0 Å². The van der Waals surface area contributed by atoms with Gasteiger partial charge in [0.05, 0.1) is 4.90 Å². The molecule has 0 bridgehead atoms. The zero-order valence-electron chi connectivity index (χ0n) is 16.0. The van der Waals surface area contributed by atoms with Crippen LogP contribution in [0, 0.1) is 5.92 Å². The number of nitrogens with one attached hydrogen (secondary N) is 1. The van der Waals surface area contributed by atoms with E-state index in [0.717, 1.165) is 23.6 Å². The van der Waals surface area contributed by atoms with E-state index in [9.17, 15) is 13.2 Å². The fraction of sp³-hybridized carbons (Fsp3) is 0.476. The highest BCUT2D eigenvalue weighted by Gasteiger charge is 2.32. The van der Waals surface area contributed by atoms with Crippen LogP contribution in [0.3, 0.4) is 0 Å². The maximum Gasteiger partial charge on any atom is 0.243 e. The molecule has 1 heterocycles. The fourth-order valence-corrected chi connectivity index (χ4v) is 5.21. The van der Waals surface area contributed by atoms with Crippen LogP contribution in [-0.4, -0.2) is 37.8 Å². The Labute approximate surface area is 161 Å². The number of nitrogens with zero attached hydrogens (tertiary/aromatic N) is 1. The highest BCUT2D eigenvalue weighted by Crippen LogP contribution is 2.26. The standard InChI is InChI=1S/C21H28N2O3S/c1-3-6-16(2)22-21(24)18-11-13-23(14-12-18)27(25,26)20-10-9-17-7-4-5-8-19(17)15-20/h4-5,7-10,15-16,18H,3,6,11-14H2,1-2H3,(H,22,24)/t16-/m0/s1. The zero-order valence-corrected chi connectivity index (χ0v) is 16.8. The Bertz CT molecular complexity index is 903. The smallest absolute Gasteiger partial charge is 0.243 e. The largest absolute Gasteiger partial charge is 0.353 e. The second kappa shape index (κ2) is 8.40. The van der Waals surface area contributed by atoms with Gasteiger partial charge in [0.25, 0.3) is 0 Å². The molecule has 5 nitrogen and oxygen atoms in total. The Kier molecular flexibility index (Phi) is 6.17. The van der Waals surface area contributed by atoms with Crippen molar-refractivity contribution in [2.24, 2.45) is 5.92 Å². The van der Waals surface area contributed by atoms with Crippen molar-refractivity contribution in [1.29, 1.82) is 0 Å². The zero-order chi connectivity index (χ0) is 19.4. The maximum atomic E-state index is 13.0. The normalized spacial score (nSPS) is 17.7. The van der Waals surface area contributed by atoms with Gasteiger partial charge in [0, 0.05) is 25.0 Å². The molecule has 0 saturated carbocycles. The molecule has 2 aromatic carbocycles. The number of benzene rings is 2. The molecule has 6 heteroatoms. The number of carbonyl (C=O) groups is 1. The first-order valence-corrected chi connectivity index (χ1v) is 11.1. The SMILES string of the molecule is CCC[C@H](C)NC(=O)C1CCN(S(=O)(=O)c2ccc3ccccc3c2)CC1. The van der Waals surface area contributed by atoms with Crippen LogP contribution in [0.2, 0.25) is 0 Å². The summed E-state index contributed by atoms with van der Waals surface area (Å²) in [4.78, 5) is 12.7. The van der Waals surface area contributed by atoms with E-state index in [-0.39, 0.29) is 17.9 Å². The molecule has 1 atom stereocenters. The lowest BCUT2D eigenvalue weighted by molar-refractivity contribution is -0.126. The van der Waals surface area contributed by atoms with Crippen LogP contribution in [0.25, 0.3) is 10.8 Å². The van der Waals surface area contributed by atoms with Gasteiger partial charge in [0.15, 0.2) is 0 Å². The van der Waals surface area contributed by atoms with Gasteiger partial charge in [-0.3, -0.25) is 4.79 Å². The first-order valence-electron chi connectivity index (χ1n) is 9.71. The summed E-state index contributed by atoms with van der Waals surface area (Å²) in [5, 5.41) is 4.98. The van der Waals surface area contributed by atoms with Gasteiger partial charge in [-0.2, -0.15) is 4.31 Å². The minimum Gasteiger partial charge on any atom is -0.353 e. The molecule has 0 unspecified atom stereocenters. The van der Waals surface area contributed by atoms with Crippen molar-refractivity contribution in [1.82, 2.24) is 9.62 Å². The minimum atomic E-state index is -3.53. The van der Waals surface area contributed by atoms with Gasteiger partial charge in [0.2, 0.25) is 15.9 Å². The highest BCUT2D eigenvalue weighted by atomic mass is 32.2. The monoisotopic (exact) mass is 388 g/mol.